The molecule has 0 aliphatic rings. The van der Waals surface area contributed by atoms with E-state index in [9.17, 15) is 9.59 Å². The van der Waals surface area contributed by atoms with Gasteiger partial charge in [0.1, 0.15) is 0 Å². The first-order chi connectivity index (χ1) is 14.7. The van der Waals surface area contributed by atoms with Crippen LogP contribution in [0.1, 0.15) is 47.7 Å². The Kier molecular flexibility index (Phi) is 9.53. The van der Waals surface area contributed by atoms with E-state index >= 15 is 0 Å². The van der Waals surface area contributed by atoms with Crippen molar-refractivity contribution in [1.29, 1.82) is 0 Å². The molecule has 2 aromatic rings. The fourth-order valence-corrected chi connectivity index (χ4v) is 3.94. The monoisotopic (exact) mass is 443 g/mol. The third-order valence-electron chi connectivity index (χ3n) is 5.68. The number of nitrogens with one attached hydrogen (secondary N) is 2. The van der Waals surface area contributed by atoms with Gasteiger partial charge in [0.05, 0.1) is 10.6 Å². The Labute approximate surface area is 191 Å². The normalized spacial score (nSPS) is 13.2. The molecule has 0 unspecified atom stereocenters. The van der Waals surface area contributed by atoms with Crippen LogP contribution in [0.5, 0.6) is 0 Å². The summed E-state index contributed by atoms with van der Waals surface area (Å²) in [4.78, 5) is 26.7. The molecule has 0 spiro atoms. The molecule has 0 aliphatic heterocycles. The quantitative estimate of drug-likeness (QED) is 0.580. The first-order valence-corrected chi connectivity index (χ1v) is 11.1. The van der Waals surface area contributed by atoms with Crippen LogP contribution < -0.4 is 10.6 Å². The van der Waals surface area contributed by atoms with Gasteiger partial charge in [0.2, 0.25) is 5.91 Å². The molecule has 6 heteroatoms. The predicted octanol–water partition coefficient (Wildman–Crippen LogP) is 4.12. The van der Waals surface area contributed by atoms with Crippen molar-refractivity contribution >= 4 is 23.4 Å². The summed E-state index contributed by atoms with van der Waals surface area (Å²) in [6, 6.07) is 15.8. The molecular formula is C25H34ClN3O2. The first kappa shape index (κ1) is 24.9. The van der Waals surface area contributed by atoms with Gasteiger partial charge < -0.3 is 15.5 Å². The van der Waals surface area contributed by atoms with Crippen molar-refractivity contribution in [3.8, 4) is 0 Å². The third-order valence-corrected chi connectivity index (χ3v) is 5.99. The highest BCUT2D eigenvalue weighted by Gasteiger charge is 2.21. The van der Waals surface area contributed by atoms with Crippen molar-refractivity contribution in [2.75, 3.05) is 27.7 Å². The molecule has 0 radical (unpaired) electrons. The maximum Gasteiger partial charge on any atom is 0.252 e. The van der Waals surface area contributed by atoms with E-state index in [4.69, 9.17) is 11.6 Å². The zero-order valence-corrected chi connectivity index (χ0v) is 19.9. The summed E-state index contributed by atoms with van der Waals surface area (Å²) in [5.74, 6) is 0.419. The van der Waals surface area contributed by atoms with Gasteiger partial charge in [-0.2, -0.15) is 0 Å². The molecule has 0 saturated heterocycles. The fourth-order valence-electron chi connectivity index (χ4n) is 3.66. The van der Waals surface area contributed by atoms with Gasteiger partial charge in [-0.05, 0) is 55.6 Å². The average Bonchev–Trinajstić information content (AvgIpc) is 2.74. The summed E-state index contributed by atoms with van der Waals surface area (Å²) in [5, 5.41) is 6.14. The van der Waals surface area contributed by atoms with E-state index in [0.717, 1.165) is 5.56 Å². The van der Waals surface area contributed by atoms with Crippen molar-refractivity contribution in [2.45, 2.75) is 38.6 Å². The van der Waals surface area contributed by atoms with Gasteiger partial charge in [-0.25, -0.2) is 0 Å². The van der Waals surface area contributed by atoms with Crippen molar-refractivity contribution in [1.82, 2.24) is 15.5 Å². The summed E-state index contributed by atoms with van der Waals surface area (Å²) in [7, 11) is 5.58. The minimum absolute atomic E-state index is 0.0578. The average molecular weight is 444 g/mol. The highest BCUT2D eigenvalue weighted by atomic mass is 35.5. The van der Waals surface area contributed by atoms with E-state index < -0.39 is 0 Å². The summed E-state index contributed by atoms with van der Waals surface area (Å²) in [6.07, 6.45) is 1.18. The van der Waals surface area contributed by atoms with Crippen molar-refractivity contribution < 1.29 is 9.59 Å². The van der Waals surface area contributed by atoms with Crippen LogP contribution in [0, 0.1) is 5.92 Å². The molecule has 0 saturated carbocycles. The Morgan fingerprint density at radius 3 is 2.29 bits per heavy atom. The van der Waals surface area contributed by atoms with E-state index in [1.54, 1.807) is 13.1 Å². The van der Waals surface area contributed by atoms with Crippen molar-refractivity contribution in [2.24, 2.45) is 5.92 Å². The van der Waals surface area contributed by atoms with Crippen LogP contribution in [-0.4, -0.2) is 50.4 Å². The summed E-state index contributed by atoms with van der Waals surface area (Å²) in [6.45, 7) is 4.85. The number of nitrogens with zero attached hydrogens (tertiary/aromatic N) is 1. The van der Waals surface area contributed by atoms with Gasteiger partial charge in [0.25, 0.3) is 5.91 Å². The molecule has 168 valence electrons. The minimum Gasteiger partial charge on any atom is -0.355 e. The summed E-state index contributed by atoms with van der Waals surface area (Å²) >= 11 is 6.29. The second-order valence-corrected chi connectivity index (χ2v) is 8.89. The van der Waals surface area contributed by atoms with Gasteiger partial charge >= 0.3 is 0 Å². The van der Waals surface area contributed by atoms with Crippen LogP contribution in [0.4, 0.5) is 0 Å². The lowest BCUT2D eigenvalue weighted by molar-refractivity contribution is -0.121. The number of carbonyl (C=O) groups excluding carboxylic acids is 2. The highest BCUT2D eigenvalue weighted by molar-refractivity contribution is 6.33. The zero-order valence-electron chi connectivity index (χ0n) is 19.1. The van der Waals surface area contributed by atoms with Crippen molar-refractivity contribution in [3.63, 3.8) is 0 Å². The molecule has 31 heavy (non-hydrogen) atoms. The molecule has 5 nitrogen and oxygen atoms in total. The highest BCUT2D eigenvalue weighted by Crippen LogP contribution is 2.27. The molecule has 0 heterocycles. The Morgan fingerprint density at radius 2 is 1.74 bits per heavy atom. The summed E-state index contributed by atoms with van der Waals surface area (Å²) in [5.41, 5.74) is 2.68. The van der Waals surface area contributed by atoms with Crippen LogP contribution in [0.15, 0.2) is 48.5 Å². The fraction of sp³-hybridized carbons (Fsp3) is 0.440. The number of amides is 2. The van der Waals surface area contributed by atoms with Gasteiger partial charge in [0.15, 0.2) is 0 Å². The van der Waals surface area contributed by atoms with Crippen LogP contribution >= 0.6 is 11.6 Å². The number of likely N-dealkylation sites (N-methyl/N-ethyl adjacent to an activating group) is 1. The zero-order chi connectivity index (χ0) is 23.0. The van der Waals surface area contributed by atoms with Gasteiger partial charge in [-0.3, -0.25) is 9.59 Å². The molecule has 2 aromatic carbocycles. The first-order valence-electron chi connectivity index (χ1n) is 10.7. The van der Waals surface area contributed by atoms with Crippen LogP contribution in [0.25, 0.3) is 0 Å². The molecule has 0 aromatic heterocycles. The predicted molar refractivity (Wildman–Crippen MR) is 128 cm³/mol. The lowest BCUT2D eigenvalue weighted by Crippen LogP contribution is -2.42. The smallest absolute Gasteiger partial charge is 0.252 e. The molecule has 2 rings (SSSR count). The van der Waals surface area contributed by atoms with Gasteiger partial charge in [0, 0.05) is 26.1 Å². The van der Waals surface area contributed by atoms with Crippen LogP contribution in [0.3, 0.4) is 0 Å². The molecular weight excluding hydrogens is 410 g/mol. The number of halogens is 1. The van der Waals surface area contributed by atoms with E-state index in [-0.39, 0.29) is 23.8 Å². The Bertz CT molecular complexity index is 868. The number of rotatable bonds is 10. The largest absolute Gasteiger partial charge is 0.355 e. The van der Waals surface area contributed by atoms with E-state index in [2.05, 4.69) is 41.5 Å². The molecule has 2 amide bonds. The molecule has 2 N–H and O–H groups in total. The summed E-state index contributed by atoms with van der Waals surface area (Å²) < 4.78 is 0. The number of hydrogen-bond acceptors (Lipinski definition) is 3. The van der Waals surface area contributed by atoms with E-state index in [0.29, 0.717) is 35.9 Å². The Morgan fingerprint density at radius 1 is 1.06 bits per heavy atom. The molecule has 2 atom stereocenters. The number of benzene rings is 2. The maximum absolute atomic E-state index is 12.7. The molecule has 0 bridgehead atoms. The van der Waals surface area contributed by atoms with Crippen molar-refractivity contribution in [3.05, 3.63) is 70.2 Å². The third kappa shape index (κ3) is 7.37. The molecule has 0 aliphatic carbocycles. The Hall–Kier alpha value is -2.37. The van der Waals surface area contributed by atoms with Crippen LogP contribution in [0.2, 0.25) is 5.02 Å². The van der Waals surface area contributed by atoms with Gasteiger partial charge in [-0.15, -0.1) is 0 Å². The minimum atomic E-state index is -0.203. The lowest BCUT2D eigenvalue weighted by atomic mass is 9.85. The second kappa shape index (κ2) is 11.9. The topological polar surface area (TPSA) is 61.4 Å². The SMILES string of the molecule is CNC(=O)c1ccc(C[C@@H](CNC(=O)C[C@H](c2ccccc2)C(C)C)N(C)C)cc1Cl. The second-order valence-electron chi connectivity index (χ2n) is 8.48. The van der Waals surface area contributed by atoms with E-state index in [1.165, 1.54) is 5.56 Å². The number of hydrogen-bond donors (Lipinski definition) is 2. The van der Waals surface area contributed by atoms with Crippen LogP contribution in [-0.2, 0) is 11.2 Å². The number of carbonyl (C=O) groups is 2. The lowest BCUT2D eigenvalue weighted by Gasteiger charge is -2.26. The van der Waals surface area contributed by atoms with Gasteiger partial charge in [-0.1, -0.05) is 61.8 Å². The standard InChI is InChI=1S/C25H34ClN3O2/c1-17(2)22(19-9-7-6-8-10-19)15-24(30)28-16-20(29(4)5)13-18-11-12-21(23(26)14-18)25(31)27-3/h6-12,14,17,20,22H,13,15-16H2,1-5H3,(H,27,31)(H,28,30)/t20-,22-/m0/s1. The maximum atomic E-state index is 12.7. The Balaban J connectivity index is 1.99. The molecule has 0 fully saturated rings. The van der Waals surface area contributed by atoms with E-state index in [1.807, 2.05) is 44.4 Å².